The Labute approximate surface area is 138 Å². The summed E-state index contributed by atoms with van der Waals surface area (Å²) in [6.07, 6.45) is 0.994. The smallest absolute Gasteiger partial charge is 0.288 e. The minimum absolute atomic E-state index is 0.0666. The molecule has 0 atom stereocenters. The van der Waals surface area contributed by atoms with E-state index in [0.29, 0.717) is 5.57 Å². The molecule has 0 aliphatic heterocycles. The molecule has 0 aliphatic carbocycles. The number of hydrogen-bond acceptors (Lipinski definition) is 4. The Bertz CT molecular complexity index is 607. The van der Waals surface area contributed by atoms with Crippen molar-refractivity contribution in [3.05, 3.63) is 42.0 Å². The molecule has 0 spiro atoms. The van der Waals surface area contributed by atoms with Crippen molar-refractivity contribution < 1.29 is 17.8 Å². The number of carbonyl (C=O) groups excluding carboxylic acids is 1. The lowest BCUT2D eigenvalue weighted by molar-refractivity contribution is -0.118. The fourth-order valence-electron chi connectivity index (χ4n) is 1.32. The second-order valence-electron chi connectivity index (χ2n) is 5.35. The summed E-state index contributed by atoms with van der Waals surface area (Å²) >= 11 is 0. The first-order chi connectivity index (χ1) is 10.6. The van der Waals surface area contributed by atoms with Gasteiger partial charge in [-0.3, -0.25) is 14.8 Å². The average Bonchev–Trinajstić information content (AvgIpc) is 2.46. The molecule has 0 unspecified atom stereocenters. The number of hydrazine groups is 1. The molecule has 1 amide bonds. The quantitative estimate of drug-likeness (QED) is 0.319. The summed E-state index contributed by atoms with van der Waals surface area (Å²) in [5, 5.41) is 0. The topological polar surface area (TPSA) is 95.5 Å². The largest absolute Gasteiger partial charge is 0.294 e. The first-order valence-corrected chi connectivity index (χ1v) is 8.79. The summed E-state index contributed by atoms with van der Waals surface area (Å²) in [5.74, 6) is 0.0897. The SMILES string of the molecule is C=C(C(=O)NNCCC)C(C)C.Cc1ccc(S(=O)(=O)O)cc1. The van der Waals surface area contributed by atoms with Crippen molar-refractivity contribution in [2.45, 2.75) is 39.0 Å². The minimum Gasteiger partial charge on any atom is -0.288 e. The summed E-state index contributed by atoms with van der Waals surface area (Å²) in [6, 6.07) is 5.99. The molecule has 0 aromatic heterocycles. The second kappa shape index (κ2) is 10.1. The first kappa shape index (κ1) is 21.3. The molecule has 0 saturated heterocycles. The molecule has 7 heteroatoms. The Kier molecular flexibility index (Phi) is 9.40. The molecule has 23 heavy (non-hydrogen) atoms. The zero-order valence-corrected chi connectivity index (χ0v) is 14.9. The van der Waals surface area contributed by atoms with Crippen LogP contribution >= 0.6 is 0 Å². The van der Waals surface area contributed by atoms with Gasteiger partial charge < -0.3 is 0 Å². The van der Waals surface area contributed by atoms with E-state index in [9.17, 15) is 13.2 Å². The van der Waals surface area contributed by atoms with Gasteiger partial charge in [0.15, 0.2) is 0 Å². The lowest BCUT2D eigenvalue weighted by atomic mass is 10.1. The summed E-state index contributed by atoms with van der Waals surface area (Å²) in [5.41, 5.74) is 6.95. The van der Waals surface area contributed by atoms with Gasteiger partial charge in [-0.25, -0.2) is 5.43 Å². The first-order valence-electron chi connectivity index (χ1n) is 7.35. The Morgan fingerprint density at radius 1 is 1.26 bits per heavy atom. The number of aryl methyl sites for hydroxylation is 1. The van der Waals surface area contributed by atoms with Gasteiger partial charge in [-0.1, -0.05) is 45.0 Å². The molecule has 130 valence electrons. The van der Waals surface area contributed by atoms with Gasteiger partial charge in [0, 0.05) is 12.1 Å². The van der Waals surface area contributed by atoms with Gasteiger partial charge in [0.2, 0.25) is 0 Å². The van der Waals surface area contributed by atoms with Gasteiger partial charge in [0.25, 0.3) is 16.0 Å². The number of rotatable bonds is 6. The van der Waals surface area contributed by atoms with Crippen LogP contribution in [0.25, 0.3) is 0 Å². The molecule has 0 bridgehead atoms. The number of hydrogen-bond donors (Lipinski definition) is 3. The van der Waals surface area contributed by atoms with Gasteiger partial charge in [-0.15, -0.1) is 0 Å². The standard InChI is InChI=1S/C9H18N2O.C7H8O3S/c1-5-6-10-11-9(12)8(4)7(2)3;1-6-2-4-7(5-3-6)11(8,9)10/h7,10H,4-6H2,1-3H3,(H,11,12);2-5H,1H3,(H,8,9,10). The van der Waals surface area contributed by atoms with E-state index in [0.717, 1.165) is 18.5 Å². The normalized spacial score (nSPS) is 10.7. The van der Waals surface area contributed by atoms with Crippen LogP contribution in [0.4, 0.5) is 0 Å². The molecule has 0 saturated carbocycles. The van der Waals surface area contributed by atoms with E-state index < -0.39 is 10.1 Å². The highest BCUT2D eigenvalue weighted by Crippen LogP contribution is 2.08. The lowest BCUT2D eigenvalue weighted by Crippen LogP contribution is -2.39. The molecule has 6 nitrogen and oxygen atoms in total. The third kappa shape index (κ3) is 9.12. The zero-order valence-electron chi connectivity index (χ0n) is 14.1. The summed E-state index contributed by atoms with van der Waals surface area (Å²) in [7, 11) is -4.02. The zero-order chi connectivity index (χ0) is 18.0. The van der Waals surface area contributed by atoms with Gasteiger partial charge in [-0.2, -0.15) is 8.42 Å². The molecule has 0 radical (unpaired) electrons. The summed E-state index contributed by atoms with van der Waals surface area (Å²) < 4.78 is 29.6. The second-order valence-corrected chi connectivity index (χ2v) is 6.77. The number of benzene rings is 1. The molecule has 0 heterocycles. The Balaban J connectivity index is 0.000000422. The number of amides is 1. The van der Waals surface area contributed by atoms with E-state index in [1.165, 1.54) is 12.1 Å². The van der Waals surface area contributed by atoms with Crippen LogP contribution in [0.3, 0.4) is 0 Å². The molecule has 3 N–H and O–H groups in total. The van der Waals surface area contributed by atoms with Crippen molar-refractivity contribution in [1.82, 2.24) is 10.9 Å². The highest BCUT2D eigenvalue weighted by molar-refractivity contribution is 7.85. The van der Waals surface area contributed by atoms with E-state index in [-0.39, 0.29) is 16.7 Å². The minimum atomic E-state index is -4.02. The van der Waals surface area contributed by atoms with Crippen LogP contribution in [-0.2, 0) is 14.9 Å². The van der Waals surface area contributed by atoms with Crippen LogP contribution in [0.1, 0.15) is 32.8 Å². The van der Waals surface area contributed by atoms with Crippen LogP contribution in [0.15, 0.2) is 41.3 Å². The van der Waals surface area contributed by atoms with Crippen molar-refractivity contribution in [2.75, 3.05) is 6.54 Å². The molecule has 0 aliphatic rings. The Hall–Kier alpha value is -1.70. The van der Waals surface area contributed by atoms with Crippen molar-refractivity contribution in [3.8, 4) is 0 Å². The monoisotopic (exact) mass is 342 g/mol. The van der Waals surface area contributed by atoms with Crippen molar-refractivity contribution in [3.63, 3.8) is 0 Å². The highest BCUT2D eigenvalue weighted by Gasteiger charge is 2.09. The Morgan fingerprint density at radius 2 is 1.78 bits per heavy atom. The van der Waals surface area contributed by atoms with Crippen LogP contribution < -0.4 is 10.9 Å². The fraction of sp³-hybridized carbons (Fsp3) is 0.438. The molecule has 1 aromatic carbocycles. The Morgan fingerprint density at radius 3 is 2.17 bits per heavy atom. The van der Waals surface area contributed by atoms with E-state index in [2.05, 4.69) is 17.4 Å². The third-order valence-corrected chi connectivity index (χ3v) is 3.75. The van der Waals surface area contributed by atoms with E-state index in [1.54, 1.807) is 12.1 Å². The van der Waals surface area contributed by atoms with Gasteiger partial charge in [-0.05, 0) is 31.4 Å². The lowest BCUT2D eigenvalue weighted by Gasteiger charge is -2.10. The maximum Gasteiger partial charge on any atom is 0.294 e. The molecular weight excluding hydrogens is 316 g/mol. The van der Waals surface area contributed by atoms with Crippen LogP contribution in [0.5, 0.6) is 0 Å². The van der Waals surface area contributed by atoms with Gasteiger partial charge in [0.05, 0.1) is 4.90 Å². The van der Waals surface area contributed by atoms with Gasteiger partial charge >= 0.3 is 0 Å². The van der Waals surface area contributed by atoms with Crippen molar-refractivity contribution in [2.24, 2.45) is 5.92 Å². The average molecular weight is 342 g/mol. The number of nitrogens with one attached hydrogen (secondary N) is 2. The van der Waals surface area contributed by atoms with Crippen LogP contribution in [0.2, 0.25) is 0 Å². The maximum absolute atomic E-state index is 11.2. The summed E-state index contributed by atoms with van der Waals surface area (Å²) in [4.78, 5) is 11.1. The van der Waals surface area contributed by atoms with Gasteiger partial charge in [0.1, 0.15) is 0 Å². The number of carbonyl (C=O) groups is 1. The summed E-state index contributed by atoms with van der Waals surface area (Å²) in [6.45, 7) is 12.2. The van der Waals surface area contributed by atoms with E-state index in [1.807, 2.05) is 27.7 Å². The molecule has 0 fully saturated rings. The third-order valence-electron chi connectivity index (χ3n) is 2.88. The van der Waals surface area contributed by atoms with Crippen LogP contribution in [0, 0.1) is 12.8 Å². The molecular formula is C16H26N2O4S. The van der Waals surface area contributed by atoms with E-state index in [4.69, 9.17) is 4.55 Å². The van der Waals surface area contributed by atoms with Crippen molar-refractivity contribution in [1.29, 1.82) is 0 Å². The molecule has 1 rings (SSSR count). The van der Waals surface area contributed by atoms with Crippen molar-refractivity contribution >= 4 is 16.0 Å². The van der Waals surface area contributed by atoms with E-state index >= 15 is 0 Å². The van der Waals surface area contributed by atoms with Crippen LogP contribution in [-0.4, -0.2) is 25.4 Å². The highest BCUT2D eigenvalue weighted by atomic mass is 32.2. The predicted octanol–water partition coefficient (Wildman–Crippen LogP) is 2.47. The molecule has 1 aromatic rings. The predicted molar refractivity (Wildman–Crippen MR) is 91.4 cm³/mol. The fourth-order valence-corrected chi connectivity index (χ4v) is 1.80. The maximum atomic E-state index is 11.2.